The van der Waals surface area contributed by atoms with Crippen molar-refractivity contribution in [3.8, 4) is 5.88 Å². The van der Waals surface area contributed by atoms with Gasteiger partial charge in [0.25, 0.3) is 10.0 Å². The summed E-state index contributed by atoms with van der Waals surface area (Å²) in [4.78, 5) is 9.34. The minimum Gasteiger partial charge on any atom is -0.479 e. The van der Waals surface area contributed by atoms with E-state index in [-0.39, 0.29) is 10.8 Å². The maximum Gasteiger partial charge on any atom is 0.262 e. The number of sulfonamides is 1. The van der Waals surface area contributed by atoms with Gasteiger partial charge in [0, 0.05) is 32.2 Å². The second-order valence-corrected chi connectivity index (χ2v) is 9.82. The van der Waals surface area contributed by atoms with Gasteiger partial charge < -0.3 is 9.64 Å². The van der Waals surface area contributed by atoms with Crippen LogP contribution in [0.1, 0.15) is 32.3 Å². The lowest BCUT2D eigenvalue weighted by atomic mass is 10.0. The molecule has 1 aromatic carbocycles. The molecule has 3 rings (SSSR count). The number of anilines is 2. The minimum absolute atomic E-state index is 0.204. The van der Waals surface area contributed by atoms with Gasteiger partial charge >= 0.3 is 0 Å². The van der Waals surface area contributed by atoms with Crippen LogP contribution in [-0.2, 0) is 10.0 Å². The van der Waals surface area contributed by atoms with Crippen molar-refractivity contribution in [1.29, 1.82) is 0 Å². The van der Waals surface area contributed by atoms with Crippen molar-refractivity contribution in [2.75, 3.05) is 42.9 Å². The fourth-order valence-electron chi connectivity index (χ4n) is 3.72. The maximum atomic E-state index is 12.9. The number of nitrogens with zero attached hydrogens (tertiary/aromatic N) is 3. The van der Waals surface area contributed by atoms with Crippen LogP contribution in [0.5, 0.6) is 5.88 Å². The molecule has 31 heavy (non-hydrogen) atoms. The smallest absolute Gasteiger partial charge is 0.262 e. The average molecular weight is 445 g/mol. The van der Waals surface area contributed by atoms with Crippen LogP contribution in [0.25, 0.3) is 0 Å². The molecule has 0 bridgehead atoms. The van der Waals surface area contributed by atoms with Crippen LogP contribution in [0, 0.1) is 0 Å². The van der Waals surface area contributed by atoms with E-state index in [1.165, 1.54) is 7.11 Å². The fourth-order valence-corrected chi connectivity index (χ4v) is 4.77. The first-order valence-corrected chi connectivity index (χ1v) is 12.0. The largest absolute Gasteiger partial charge is 0.479 e. The topological polar surface area (TPSA) is 74.8 Å². The number of piperazine rings is 1. The molecular weight excluding hydrogens is 412 g/mol. The third kappa shape index (κ3) is 5.37. The van der Waals surface area contributed by atoms with E-state index in [4.69, 9.17) is 4.74 Å². The van der Waals surface area contributed by atoms with Crippen LogP contribution >= 0.6 is 0 Å². The van der Waals surface area contributed by atoms with Gasteiger partial charge in [-0.3, -0.25) is 9.62 Å². The molecule has 0 amide bonds. The highest BCUT2D eigenvalue weighted by Crippen LogP contribution is 2.29. The molecule has 1 atom stereocenters. The van der Waals surface area contributed by atoms with Crippen molar-refractivity contribution in [2.45, 2.75) is 37.6 Å². The number of methoxy groups -OCH3 is 1. The average Bonchev–Trinajstić information content (AvgIpc) is 2.75. The van der Waals surface area contributed by atoms with E-state index >= 15 is 0 Å². The van der Waals surface area contributed by atoms with Gasteiger partial charge in [0.2, 0.25) is 5.88 Å². The Morgan fingerprint density at radius 3 is 2.52 bits per heavy atom. The molecule has 1 N–H and O–H groups in total. The molecule has 168 valence electrons. The van der Waals surface area contributed by atoms with Crippen molar-refractivity contribution >= 4 is 21.5 Å². The summed E-state index contributed by atoms with van der Waals surface area (Å²) in [5.74, 6) is 1.36. The Labute approximate surface area is 185 Å². The maximum absolute atomic E-state index is 12.9. The molecule has 1 aliphatic heterocycles. The number of hydrogen-bond acceptors (Lipinski definition) is 6. The molecule has 0 saturated carbocycles. The normalized spacial score (nSPS) is 17.6. The third-order valence-corrected chi connectivity index (χ3v) is 6.97. The molecule has 2 aromatic rings. The summed E-state index contributed by atoms with van der Waals surface area (Å²) in [6.07, 6.45) is 1.92. The third-order valence-electron chi connectivity index (χ3n) is 5.59. The Bertz CT molecular complexity index is 1010. The molecule has 1 aliphatic rings. The molecule has 1 fully saturated rings. The van der Waals surface area contributed by atoms with Crippen molar-refractivity contribution < 1.29 is 13.2 Å². The first-order chi connectivity index (χ1) is 14.7. The van der Waals surface area contributed by atoms with Gasteiger partial charge in [-0.1, -0.05) is 32.1 Å². The Kier molecular flexibility index (Phi) is 7.23. The molecule has 0 spiro atoms. The SMILES string of the molecule is C=CCN1CCN(c2ccc(NS(=O)(=O)c3ccc(C(C)C)cc3)c(OC)n2)CC1C. The molecule has 2 heterocycles. The molecule has 1 aromatic heterocycles. The number of nitrogens with one attached hydrogen (secondary N) is 1. The Balaban J connectivity index is 1.78. The van der Waals surface area contributed by atoms with E-state index in [9.17, 15) is 8.42 Å². The number of pyridine rings is 1. The summed E-state index contributed by atoms with van der Waals surface area (Å²) >= 11 is 0. The molecule has 8 heteroatoms. The van der Waals surface area contributed by atoms with Crippen molar-refractivity contribution in [2.24, 2.45) is 0 Å². The summed E-state index contributed by atoms with van der Waals surface area (Å²) in [6.45, 7) is 13.6. The molecule has 1 saturated heterocycles. The van der Waals surface area contributed by atoms with Gasteiger partial charge in [0.1, 0.15) is 11.5 Å². The minimum atomic E-state index is -3.75. The van der Waals surface area contributed by atoms with Crippen LogP contribution in [-0.4, -0.2) is 57.6 Å². The van der Waals surface area contributed by atoms with Gasteiger partial charge in [-0.05, 0) is 42.7 Å². The van der Waals surface area contributed by atoms with Gasteiger partial charge in [0.15, 0.2) is 0 Å². The summed E-state index contributed by atoms with van der Waals surface area (Å²) < 4.78 is 33.7. The zero-order valence-corrected chi connectivity index (χ0v) is 19.5. The highest BCUT2D eigenvalue weighted by Gasteiger charge is 2.25. The number of ether oxygens (including phenoxy) is 1. The Morgan fingerprint density at radius 2 is 1.94 bits per heavy atom. The number of benzene rings is 1. The van der Waals surface area contributed by atoms with E-state index in [0.29, 0.717) is 17.6 Å². The quantitative estimate of drug-likeness (QED) is 0.626. The highest BCUT2D eigenvalue weighted by molar-refractivity contribution is 7.92. The van der Waals surface area contributed by atoms with E-state index in [1.807, 2.05) is 24.3 Å². The van der Waals surface area contributed by atoms with E-state index < -0.39 is 10.0 Å². The van der Waals surface area contributed by atoms with Crippen LogP contribution in [0.2, 0.25) is 0 Å². The Morgan fingerprint density at radius 1 is 1.23 bits per heavy atom. The predicted octanol–water partition coefficient (Wildman–Crippen LogP) is 3.71. The van der Waals surface area contributed by atoms with Gasteiger partial charge in [-0.2, -0.15) is 4.98 Å². The van der Waals surface area contributed by atoms with Crippen LogP contribution in [0.4, 0.5) is 11.5 Å². The Hall–Kier alpha value is -2.58. The van der Waals surface area contributed by atoms with E-state index in [2.05, 4.69) is 46.9 Å². The lowest BCUT2D eigenvalue weighted by Crippen LogP contribution is -2.52. The number of rotatable bonds is 8. The number of hydrogen-bond donors (Lipinski definition) is 1. The number of aromatic nitrogens is 1. The first kappa shape index (κ1) is 23.1. The molecular formula is C23H32N4O3S. The molecule has 0 radical (unpaired) electrons. The van der Waals surface area contributed by atoms with Gasteiger partial charge in [-0.25, -0.2) is 8.42 Å². The first-order valence-electron chi connectivity index (χ1n) is 10.5. The zero-order valence-electron chi connectivity index (χ0n) is 18.7. The molecule has 7 nitrogen and oxygen atoms in total. The lowest BCUT2D eigenvalue weighted by Gasteiger charge is -2.40. The molecule has 1 unspecified atom stereocenters. The van der Waals surface area contributed by atoms with Gasteiger partial charge in [0.05, 0.1) is 12.0 Å². The fraction of sp³-hybridized carbons (Fsp3) is 0.435. The lowest BCUT2D eigenvalue weighted by molar-refractivity contribution is 0.209. The van der Waals surface area contributed by atoms with Crippen molar-refractivity contribution in [3.63, 3.8) is 0 Å². The van der Waals surface area contributed by atoms with Gasteiger partial charge in [-0.15, -0.1) is 6.58 Å². The highest BCUT2D eigenvalue weighted by atomic mass is 32.2. The second-order valence-electron chi connectivity index (χ2n) is 8.13. The van der Waals surface area contributed by atoms with Crippen molar-refractivity contribution in [1.82, 2.24) is 9.88 Å². The standard InChI is InChI=1S/C23H32N4O3S/c1-6-13-26-14-15-27(16-18(26)4)22-12-11-21(23(24-22)30-5)25-31(28,29)20-9-7-19(8-10-20)17(2)3/h6-12,17-18,25H,1,13-16H2,2-5H3. The summed E-state index contributed by atoms with van der Waals surface area (Å²) in [5.41, 5.74) is 1.41. The monoisotopic (exact) mass is 444 g/mol. The van der Waals surface area contributed by atoms with Crippen LogP contribution in [0.15, 0.2) is 53.9 Å². The summed E-state index contributed by atoms with van der Waals surface area (Å²) in [6, 6.07) is 10.8. The van der Waals surface area contributed by atoms with Crippen molar-refractivity contribution in [3.05, 3.63) is 54.6 Å². The van der Waals surface area contributed by atoms with Crippen LogP contribution < -0.4 is 14.4 Å². The summed E-state index contributed by atoms with van der Waals surface area (Å²) in [5, 5.41) is 0. The van der Waals surface area contributed by atoms with Crippen LogP contribution in [0.3, 0.4) is 0 Å². The predicted molar refractivity (Wildman–Crippen MR) is 126 cm³/mol. The van der Waals surface area contributed by atoms with E-state index in [0.717, 1.165) is 37.6 Å². The van der Waals surface area contributed by atoms with E-state index in [1.54, 1.807) is 18.2 Å². The zero-order chi connectivity index (χ0) is 22.6. The summed E-state index contributed by atoms with van der Waals surface area (Å²) in [7, 11) is -2.26. The second kappa shape index (κ2) is 9.70. The molecule has 0 aliphatic carbocycles.